The van der Waals surface area contributed by atoms with Gasteiger partial charge in [-0.3, -0.25) is 0 Å². The lowest BCUT2D eigenvalue weighted by Crippen LogP contribution is -1.96. The van der Waals surface area contributed by atoms with Gasteiger partial charge in [-0.2, -0.15) is 0 Å². The Labute approximate surface area is 130 Å². The lowest BCUT2D eigenvalue weighted by Gasteiger charge is -2.11. The Kier molecular flexibility index (Phi) is 4.97. The molecule has 0 N–H and O–H groups in total. The maximum absolute atomic E-state index is 6.40. The molecule has 0 heterocycles. The molecule has 0 aliphatic carbocycles. The first-order chi connectivity index (χ1) is 8.54. The van der Waals surface area contributed by atoms with Crippen molar-refractivity contribution in [2.24, 2.45) is 0 Å². The maximum Gasteiger partial charge on any atom is 0.0626 e. The molecule has 0 fully saturated rings. The van der Waals surface area contributed by atoms with Crippen LogP contribution in [0.5, 0.6) is 0 Å². The van der Waals surface area contributed by atoms with Crippen molar-refractivity contribution in [2.45, 2.75) is 11.8 Å². The molecule has 1 unspecified atom stereocenters. The highest BCUT2D eigenvalue weighted by molar-refractivity contribution is 9.10. The van der Waals surface area contributed by atoms with Crippen molar-refractivity contribution in [1.82, 2.24) is 0 Å². The molecule has 0 amide bonds. The SMILES string of the molecule is Clc1cc(Cl)cc(C(Cl)Cc2cccc(Br)c2)c1. The van der Waals surface area contributed by atoms with Gasteiger partial charge in [0.25, 0.3) is 0 Å². The third-order valence-electron chi connectivity index (χ3n) is 2.55. The molecule has 4 heteroatoms. The minimum absolute atomic E-state index is 0.143. The number of hydrogen-bond donors (Lipinski definition) is 0. The van der Waals surface area contributed by atoms with Gasteiger partial charge in [-0.1, -0.05) is 51.3 Å². The van der Waals surface area contributed by atoms with Crippen LogP contribution in [0.4, 0.5) is 0 Å². The molecule has 18 heavy (non-hydrogen) atoms. The fourth-order valence-electron chi connectivity index (χ4n) is 1.74. The normalized spacial score (nSPS) is 12.4. The molecule has 2 aromatic carbocycles. The summed E-state index contributed by atoms with van der Waals surface area (Å²) in [5.41, 5.74) is 2.11. The second kappa shape index (κ2) is 6.29. The Morgan fingerprint density at radius 1 is 1.00 bits per heavy atom. The Morgan fingerprint density at radius 3 is 2.28 bits per heavy atom. The van der Waals surface area contributed by atoms with E-state index in [2.05, 4.69) is 22.0 Å². The molecular weight excluding hydrogens is 354 g/mol. The molecule has 2 rings (SSSR count). The highest BCUT2D eigenvalue weighted by Gasteiger charge is 2.11. The average molecular weight is 364 g/mol. The van der Waals surface area contributed by atoms with E-state index in [4.69, 9.17) is 34.8 Å². The zero-order valence-corrected chi connectivity index (χ0v) is 13.2. The molecule has 1 atom stereocenters. The van der Waals surface area contributed by atoms with Crippen molar-refractivity contribution < 1.29 is 0 Å². The first kappa shape index (κ1) is 14.2. The highest BCUT2D eigenvalue weighted by Crippen LogP contribution is 2.30. The second-order valence-corrected chi connectivity index (χ2v) is 6.32. The van der Waals surface area contributed by atoms with Gasteiger partial charge < -0.3 is 0 Å². The Balaban J connectivity index is 2.19. The van der Waals surface area contributed by atoms with E-state index in [1.54, 1.807) is 6.07 Å². The smallest absolute Gasteiger partial charge is 0.0626 e. The van der Waals surface area contributed by atoms with Crippen LogP contribution >= 0.6 is 50.7 Å². The van der Waals surface area contributed by atoms with Gasteiger partial charge in [0.05, 0.1) is 5.38 Å². The molecule has 0 radical (unpaired) electrons. The van der Waals surface area contributed by atoms with Gasteiger partial charge in [-0.05, 0) is 47.9 Å². The summed E-state index contributed by atoms with van der Waals surface area (Å²) >= 11 is 21.8. The van der Waals surface area contributed by atoms with Crippen LogP contribution in [0, 0.1) is 0 Å². The van der Waals surface area contributed by atoms with E-state index in [9.17, 15) is 0 Å². The van der Waals surface area contributed by atoms with Crippen LogP contribution in [0.3, 0.4) is 0 Å². The Hall–Kier alpha value is -0.210. The van der Waals surface area contributed by atoms with Crippen molar-refractivity contribution in [3.8, 4) is 0 Å². The van der Waals surface area contributed by atoms with Crippen LogP contribution in [0.25, 0.3) is 0 Å². The number of hydrogen-bond acceptors (Lipinski definition) is 0. The van der Waals surface area contributed by atoms with Crippen LogP contribution < -0.4 is 0 Å². The summed E-state index contributed by atoms with van der Waals surface area (Å²) in [7, 11) is 0. The predicted octanol–water partition coefficient (Wildman–Crippen LogP) is 6.28. The lowest BCUT2D eigenvalue weighted by atomic mass is 10.0. The predicted molar refractivity (Wildman–Crippen MR) is 82.9 cm³/mol. The third-order valence-corrected chi connectivity index (χ3v) is 3.89. The van der Waals surface area contributed by atoms with E-state index < -0.39 is 0 Å². The summed E-state index contributed by atoms with van der Waals surface area (Å²) in [6.45, 7) is 0. The van der Waals surface area contributed by atoms with Gasteiger partial charge in [0.15, 0.2) is 0 Å². The first-order valence-corrected chi connectivity index (χ1v) is 7.37. The van der Waals surface area contributed by atoms with Gasteiger partial charge in [0.1, 0.15) is 0 Å². The quantitative estimate of drug-likeness (QED) is 0.562. The summed E-state index contributed by atoms with van der Waals surface area (Å²) in [5.74, 6) is 0. The molecule has 0 spiro atoms. The van der Waals surface area contributed by atoms with E-state index >= 15 is 0 Å². The monoisotopic (exact) mass is 362 g/mol. The average Bonchev–Trinajstić information content (AvgIpc) is 2.27. The van der Waals surface area contributed by atoms with Crippen molar-refractivity contribution in [1.29, 1.82) is 0 Å². The van der Waals surface area contributed by atoms with E-state index in [-0.39, 0.29) is 5.38 Å². The topological polar surface area (TPSA) is 0 Å². The summed E-state index contributed by atoms with van der Waals surface area (Å²) in [6.07, 6.45) is 0.734. The number of halogens is 4. The van der Waals surface area contributed by atoms with E-state index in [1.807, 2.05) is 30.3 Å². The Morgan fingerprint density at radius 2 is 1.67 bits per heavy atom. The van der Waals surface area contributed by atoms with E-state index in [0.29, 0.717) is 10.0 Å². The second-order valence-electron chi connectivity index (χ2n) is 4.00. The number of rotatable bonds is 3. The summed E-state index contributed by atoms with van der Waals surface area (Å²) < 4.78 is 1.05. The van der Waals surface area contributed by atoms with E-state index in [1.165, 1.54) is 5.56 Å². The fourth-order valence-corrected chi connectivity index (χ4v) is 3.04. The van der Waals surface area contributed by atoms with Gasteiger partial charge in [-0.25, -0.2) is 0 Å². The summed E-state index contributed by atoms with van der Waals surface area (Å²) in [5, 5.41) is 1.07. The van der Waals surface area contributed by atoms with E-state index in [0.717, 1.165) is 16.5 Å². The van der Waals surface area contributed by atoms with Gasteiger partial charge in [0, 0.05) is 14.5 Å². The van der Waals surface area contributed by atoms with Crippen molar-refractivity contribution in [3.63, 3.8) is 0 Å². The van der Waals surface area contributed by atoms with Crippen LogP contribution in [0.15, 0.2) is 46.9 Å². The summed E-state index contributed by atoms with van der Waals surface area (Å²) in [4.78, 5) is 0. The number of benzene rings is 2. The third kappa shape index (κ3) is 3.89. The molecule has 0 nitrogen and oxygen atoms in total. The first-order valence-electron chi connectivity index (χ1n) is 5.39. The molecular formula is C14H10BrCl3. The molecule has 0 saturated heterocycles. The standard InChI is InChI=1S/C14H10BrCl3/c15-11-3-1-2-9(4-11)5-14(18)10-6-12(16)8-13(17)7-10/h1-4,6-8,14H,5H2. The highest BCUT2D eigenvalue weighted by atomic mass is 79.9. The number of alkyl halides is 1. The maximum atomic E-state index is 6.40. The molecule has 0 bridgehead atoms. The largest absolute Gasteiger partial charge is 0.117 e. The van der Waals surface area contributed by atoms with Crippen molar-refractivity contribution in [2.75, 3.05) is 0 Å². The van der Waals surface area contributed by atoms with Gasteiger partial charge >= 0.3 is 0 Å². The molecule has 0 aliphatic heterocycles. The van der Waals surface area contributed by atoms with Crippen molar-refractivity contribution >= 4 is 50.7 Å². The van der Waals surface area contributed by atoms with Gasteiger partial charge in [-0.15, -0.1) is 11.6 Å². The Bertz CT molecular complexity index is 534. The fraction of sp³-hybridized carbons (Fsp3) is 0.143. The zero-order chi connectivity index (χ0) is 13.1. The molecule has 0 aliphatic rings. The van der Waals surface area contributed by atoms with Crippen molar-refractivity contribution in [3.05, 3.63) is 68.1 Å². The summed E-state index contributed by atoms with van der Waals surface area (Å²) in [6, 6.07) is 13.5. The molecule has 94 valence electrons. The van der Waals surface area contributed by atoms with Gasteiger partial charge in [0.2, 0.25) is 0 Å². The minimum atomic E-state index is -0.143. The molecule has 2 aromatic rings. The van der Waals surface area contributed by atoms with Crippen LogP contribution in [0.2, 0.25) is 10.0 Å². The van der Waals surface area contributed by atoms with Crippen LogP contribution in [0.1, 0.15) is 16.5 Å². The minimum Gasteiger partial charge on any atom is -0.117 e. The zero-order valence-electron chi connectivity index (χ0n) is 9.34. The van der Waals surface area contributed by atoms with Crippen LogP contribution in [-0.2, 0) is 6.42 Å². The lowest BCUT2D eigenvalue weighted by molar-refractivity contribution is 0.919. The van der Waals surface area contributed by atoms with Crippen LogP contribution in [-0.4, -0.2) is 0 Å². The molecule has 0 saturated carbocycles. The molecule has 0 aromatic heterocycles.